The fraction of sp³-hybridized carbons (Fsp3) is 0.294. The van der Waals surface area contributed by atoms with Crippen LogP contribution in [0.3, 0.4) is 0 Å². The molecular weight excluding hydrogens is 328 g/mol. The summed E-state index contributed by atoms with van der Waals surface area (Å²) in [7, 11) is 0. The van der Waals surface area contributed by atoms with E-state index in [0.29, 0.717) is 6.04 Å². The number of para-hydroxylation sites is 1. The lowest BCUT2D eigenvalue weighted by atomic mass is 10.2. The Morgan fingerprint density at radius 3 is 2.71 bits per heavy atom. The van der Waals surface area contributed by atoms with E-state index in [1.807, 2.05) is 36.4 Å². The largest absolute Gasteiger partial charge is 0.457 e. The quantitative estimate of drug-likeness (QED) is 0.915. The van der Waals surface area contributed by atoms with E-state index >= 15 is 0 Å². The van der Waals surface area contributed by atoms with Gasteiger partial charge in [-0.25, -0.2) is 0 Å². The van der Waals surface area contributed by atoms with Crippen LogP contribution in [-0.4, -0.2) is 24.0 Å². The van der Waals surface area contributed by atoms with E-state index in [0.717, 1.165) is 42.0 Å². The molecule has 0 radical (unpaired) electrons. The summed E-state index contributed by atoms with van der Waals surface area (Å²) in [5.41, 5.74) is 7.17. The average molecular weight is 347 g/mol. The van der Waals surface area contributed by atoms with Crippen molar-refractivity contribution >= 4 is 15.9 Å². The van der Waals surface area contributed by atoms with Crippen LogP contribution in [0, 0.1) is 0 Å². The number of nitrogens with zero attached hydrogens (tertiary/aromatic N) is 1. The maximum atomic E-state index is 6.04. The second kappa shape index (κ2) is 6.60. The maximum absolute atomic E-state index is 6.04. The number of hydrogen-bond donors (Lipinski definition) is 1. The first-order chi connectivity index (χ1) is 10.2. The molecule has 21 heavy (non-hydrogen) atoms. The van der Waals surface area contributed by atoms with Gasteiger partial charge in [0.2, 0.25) is 0 Å². The molecule has 3 nitrogen and oxygen atoms in total. The molecule has 4 heteroatoms. The van der Waals surface area contributed by atoms with Crippen molar-refractivity contribution in [2.75, 3.05) is 13.1 Å². The first-order valence-corrected chi connectivity index (χ1v) is 7.99. The molecule has 1 fully saturated rings. The van der Waals surface area contributed by atoms with Gasteiger partial charge in [-0.15, -0.1) is 0 Å². The van der Waals surface area contributed by atoms with Crippen molar-refractivity contribution in [1.82, 2.24) is 4.90 Å². The van der Waals surface area contributed by atoms with Gasteiger partial charge in [-0.3, -0.25) is 4.90 Å². The monoisotopic (exact) mass is 346 g/mol. The summed E-state index contributed by atoms with van der Waals surface area (Å²) in [6.45, 7) is 2.89. The third kappa shape index (κ3) is 3.84. The molecule has 2 N–H and O–H groups in total. The standard InChI is InChI=1S/C17H19BrN2O/c18-14-7-6-13(11-20-9-8-15(19)12-20)17(10-14)21-16-4-2-1-3-5-16/h1-7,10,15H,8-9,11-12,19H2. The Labute approximate surface area is 133 Å². The van der Waals surface area contributed by atoms with Crippen molar-refractivity contribution in [2.45, 2.75) is 19.0 Å². The van der Waals surface area contributed by atoms with E-state index in [4.69, 9.17) is 10.5 Å². The zero-order chi connectivity index (χ0) is 14.7. The van der Waals surface area contributed by atoms with E-state index in [1.54, 1.807) is 0 Å². The highest BCUT2D eigenvalue weighted by molar-refractivity contribution is 9.10. The smallest absolute Gasteiger partial charge is 0.133 e. The molecular formula is C17H19BrN2O. The lowest BCUT2D eigenvalue weighted by molar-refractivity contribution is 0.321. The summed E-state index contributed by atoms with van der Waals surface area (Å²) in [4.78, 5) is 2.38. The zero-order valence-corrected chi connectivity index (χ0v) is 13.4. The number of ether oxygens (including phenoxy) is 1. The van der Waals surface area contributed by atoms with Gasteiger partial charge in [0, 0.05) is 35.7 Å². The first kappa shape index (κ1) is 14.6. The topological polar surface area (TPSA) is 38.5 Å². The van der Waals surface area contributed by atoms with Gasteiger partial charge in [-0.1, -0.05) is 40.2 Å². The molecule has 1 saturated heterocycles. The fourth-order valence-electron chi connectivity index (χ4n) is 2.62. The number of hydrogen-bond acceptors (Lipinski definition) is 3. The minimum Gasteiger partial charge on any atom is -0.457 e. The van der Waals surface area contributed by atoms with Gasteiger partial charge in [0.05, 0.1) is 0 Å². The molecule has 1 aliphatic heterocycles. The van der Waals surface area contributed by atoms with Crippen molar-refractivity contribution in [3.63, 3.8) is 0 Å². The molecule has 0 amide bonds. The zero-order valence-electron chi connectivity index (χ0n) is 11.8. The molecule has 3 rings (SSSR count). The van der Waals surface area contributed by atoms with Gasteiger partial charge in [0.25, 0.3) is 0 Å². The molecule has 2 aromatic rings. The Balaban J connectivity index is 1.79. The fourth-order valence-corrected chi connectivity index (χ4v) is 2.96. The van der Waals surface area contributed by atoms with E-state index in [-0.39, 0.29) is 0 Å². The van der Waals surface area contributed by atoms with Crippen LogP contribution in [0.15, 0.2) is 53.0 Å². The molecule has 2 aromatic carbocycles. The average Bonchev–Trinajstić information content (AvgIpc) is 2.88. The van der Waals surface area contributed by atoms with Crippen LogP contribution in [0.4, 0.5) is 0 Å². The summed E-state index contributed by atoms with van der Waals surface area (Å²) in [6, 6.07) is 16.4. The summed E-state index contributed by atoms with van der Waals surface area (Å²) in [6.07, 6.45) is 1.07. The van der Waals surface area contributed by atoms with E-state index < -0.39 is 0 Å². The van der Waals surface area contributed by atoms with Gasteiger partial charge < -0.3 is 10.5 Å². The molecule has 0 aliphatic carbocycles. The van der Waals surface area contributed by atoms with Crippen LogP contribution in [0.5, 0.6) is 11.5 Å². The third-order valence-electron chi connectivity index (χ3n) is 3.70. The summed E-state index contributed by atoms with van der Waals surface area (Å²) >= 11 is 3.52. The SMILES string of the molecule is NC1CCN(Cc2ccc(Br)cc2Oc2ccccc2)C1. The highest BCUT2D eigenvalue weighted by Gasteiger charge is 2.20. The molecule has 0 saturated carbocycles. The van der Waals surface area contributed by atoms with Crippen molar-refractivity contribution in [3.8, 4) is 11.5 Å². The van der Waals surface area contributed by atoms with E-state index in [9.17, 15) is 0 Å². The lowest BCUT2D eigenvalue weighted by Crippen LogP contribution is -2.26. The van der Waals surface area contributed by atoms with Crippen LogP contribution >= 0.6 is 15.9 Å². The Bertz CT molecular complexity index is 603. The van der Waals surface area contributed by atoms with Crippen molar-refractivity contribution in [2.24, 2.45) is 5.73 Å². The van der Waals surface area contributed by atoms with Crippen molar-refractivity contribution < 1.29 is 4.74 Å². The van der Waals surface area contributed by atoms with Crippen LogP contribution in [0.1, 0.15) is 12.0 Å². The Hall–Kier alpha value is -1.36. The van der Waals surface area contributed by atoms with Crippen LogP contribution in [0.2, 0.25) is 0 Å². The molecule has 110 valence electrons. The highest BCUT2D eigenvalue weighted by atomic mass is 79.9. The molecule has 0 spiro atoms. The molecule has 0 aromatic heterocycles. The van der Waals surface area contributed by atoms with Crippen molar-refractivity contribution in [1.29, 1.82) is 0 Å². The van der Waals surface area contributed by atoms with Gasteiger partial charge in [0.1, 0.15) is 11.5 Å². The van der Waals surface area contributed by atoms with Gasteiger partial charge >= 0.3 is 0 Å². The Kier molecular flexibility index (Phi) is 4.58. The van der Waals surface area contributed by atoms with Gasteiger partial charge in [0.15, 0.2) is 0 Å². The van der Waals surface area contributed by atoms with Crippen LogP contribution in [-0.2, 0) is 6.54 Å². The first-order valence-electron chi connectivity index (χ1n) is 7.20. The Morgan fingerprint density at radius 1 is 1.19 bits per heavy atom. The number of rotatable bonds is 4. The lowest BCUT2D eigenvalue weighted by Gasteiger charge is -2.18. The number of benzene rings is 2. The summed E-state index contributed by atoms with van der Waals surface area (Å²) in [5, 5.41) is 0. The Morgan fingerprint density at radius 2 is 2.00 bits per heavy atom. The van der Waals surface area contributed by atoms with Gasteiger partial charge in [-0.2, -0.15) is 0 Å². The predicted molar refractivity (Wildman–Crippen MR) is 88.5 cm³/mol. The molecule has 0 bridgehead atoms. The highest BCUT2D eigenvalue weighted by Crippen LogP contribution is 2.30. The minimum absolute atomic E-state index is 0.305. The number of halogens is 1. The third-order valence-corrected chi connectivity index (χ3v) is 4.20. The molecule has 1 heterocycles. The summed E-state index contributed by atoms with van der Waals surface area (Å²) < 4.78 is 7.06. The van der Waals surface area contributed by atoms with E-state index in [1.165, 1.54) is 5.56 Å². The van der Waals surface area contributed by atoms with Crippen LogP contribution < -0.4 is 10.5 Å². The van der Waals surface area contributed by atoms with E-state index in [2.05, 4.69) is 33.0 Å². The number of likely N-dealkylation sites (tertiary alicyclic amines) is 1. The van der Waals surface area contributed by atoms with Gasteiger partial charge in [-0.05, 0) is 30.7 Å². The molecule has 1 unspecified atom stereocenters. The van der Waals surface area contributed by atoms with Crippen molar-refractivity contribution in [3.05, 3.63) is 58.6 Å². The predicted octanol–water partition coefficient (Wildman–Crippen LogP) is 3.77. The number of nitrogens with two attached hydrogens (primary N) is 1. The summed E-state index contributed by atoms with van der Waals surface area (Å²) in [5.74, 6) is 1.76. The molecule has 1 atom stereocenters. The molecule has 1 aliphatic rings. The second-order valence-electron chi connectivity index (χ2n) is 5.45. The normalized spacial score (nSPS) is 18.9. The van der Waals surface area contributed by atoms with Crippen LogP contribution in [0.25, 0.3) is 0 Å². The minimum atomic E-state index is 0.305. The second-order valence-corrected chi connectivity index (χ2v) is 6.37. The maximum Gasteiger partial charge on any atom is 0.133 e.